The Morgan fingerprint density at radius 1 is 1.13 bits per heavy atom. The van der Waals surface area contributed by atoms with Crippen molar-refractivity contribution in [2.24, 2.45) is 0 Å². The fourth-order valence-corrected chi connectivity index (χ4v) is 2.82. The average Bonchev–Trinajstić information content (AvgIpc) is 3.13. The molecule has 4 rings (SSSR count). The number of nitrogens with one attached hydrogen (secondary N) is 1. The van der Waals surface area contributed by atoms with Crippen molar-refractivity contribution >= 4 is 22.6 Å². The summed E-state index contributed by atoms with van der Waals surface area (Å²) in [6.07, 6.45) is 1.58. The summed E-state index contributed by atoms with van der Waals surface area (Å²) in [6, 6.07) is 8.56. The molecule has 2 heterocycles. The summed E-state index contributed by atoms with van der Waals surface area (Å²) in [7, 11) is 0. The SMILES string of the molecule is O=C1NCCN1c1cccc2c1cnn2-c1ccc(F)cc1F. The Morgan fingerprint density at radius 3 is 2.74 bits per heavy atom. The van der Waals surface area contributed by atoms with Crippen molar-refractivity contribution in [1.29, 1.82) is 0 Å². The number of hydrogen-bond acceptors (Lipinski definition) is 2. The van der Waals surface area contributed by atoms with Crippen molar-refractivity contribution in [3.05, 3.63) is 54.2 Å². The molecule has 0 unspecified atom stereocenters. The normalized spacial score (nSPS) is 14.5. The van der Waals surface area contributed by atoms with E-state index in [4.69, 9.17) is 0 Å². The van der Waals surface area contributed by atoms with E-state index in [1.165, 1.54) is 16.8 Å². The van der Waals surface area contributed by atoms with Crippen molar-refractivity contribution in [2.45, 2.75) is 0 Å². The lowest BCUT2D eigenvalue weighted by Gasteiger charge is -2.15. The lowest BCUT2D eigenvalue weighted by molar-refractivity contribution is 0.252. The lowest BCUT2D eigenvalue weighted by Crippen LogP contribution is -2.27. The maximum absolute atomic E-state index is 14.0. The Kier molecular flexibility index (Phi) is 3.00. The van der Waals surface area contributed by atoms with Gasteiger partial charge in [0.2, 0.25) is 0 Å². The fourth-order valence-electron chi connectivity index (χ4n) is 2.82. The van der Waals surface area contributed by atoms with Gasteiger partial charge in [0.1, 0.15) is 11.5 Å². The quantitative estimate of drug-likeness (QED) is 0.791. The Balaban J connectivity index is 1.89. The van der Waals surface area contributed by atoms with Crippen molar-refractivity contribution < 1.29 is 13.6 Å². The second-order valence-corrected chi connectivity index (χ2v) is 5.25. The number of carbonyl (C=O) groups is 1. The Labute approximate surface area is 130 Å². The molecule has 0 atom stereocenters. The summed E-state index contributed by atoms with van der Waals surface area (Å²) in [4.78, 5) is 13.5. The third-order valence-electron chi connectivity index (χ3n) is 3.88. The number of halogens is 2. The van der Waals surface area contributed by atoms with Crippen LogP contribution in [0.25, 0.3) is 16.6 Å². The van der Waals surface area contributed by atoms with E-state index < -0.39 is 11.6 Å². The number of carbonyl (C=O) groups excluding carboxylic acids is 1. The van der Waals surface area contributed by atoms with Crippen molar-refractivity contribution in [2.75, 3.05) is 18.0 Å². The first kappa shape index (κ1) is 13.7. The number of anilines is 1. The standard InChI is InChI=1S/C16H12F2N4O/c17-10-4-5-15(12(18)8-10)22-14-3-1-2-13(11(14)9-20-22)21-7-6-19-16(21)23/h1-5,8-9H,6-7H2,(H,19,23). The van der Waals surface area contributed by atoms with Crippen LogP contribution in [0.1, 0.15) is 0 Å². The molecule has 23 heavy (non-hydrogen) atoms. The summed E-state index contributed by atoms with van der Waals surface area (Å²) in [5.41, 5.74) is 1.52. The molecule has 7 heteroatoms. The number of urea groups is 1. The van der Waals surface area contributed by atoms with Gasteiger partial charge in [-0.05, 0) is 24.3 Å². The van der Waals surface area contributed by atoms with E-state index in [9.17, 15) is 13.6 Å². The first-order valence-electron chi connectivity index (χ1n) is 7.13. The van der Waals surface area contributed by atoms with E-state index in [1.54, 1.807) is 23.2 Å². The van der Waals surface area contributed by atoms with Crippen LogP contribution in [0.5, 0.6) is 0 Å². The van der Waals surface area contributed by atoms with E-state index in [2.05, 4.69) is 10.4 Å². The number of aromatic nitrogens is 2. The first-order chi connectivity index (χ1) is 11.1. The van der Waals surface area contributed by atoms with Gasteiger partial charge in [0, 0.05) is 24.5 Å². The largest absolute Gasteiger partial charge is 0.336 e. The van der Waals surface area contributed by atoms with Gasteiger partial charge >= 0.3 is 6.03 Å². The highest BCUT2D eigenvalue weighted by atomic mass is 19.1. The molecule has 1 saturated heterocycles. The van der Waals surface area contributed by atoms with E-state index in [-0.39, 0.29) is 11.7 Å². The van der Waals surface area contributed by atoms with Gasteiger partial charge in [0.25, 0.3) is 0 Å². The summed E-state index contributed by atoms with van der Waals surface area (Å²) in [5.74, 6) is -1.34. The van der Waals surface area contributed by atoms with Gasteiger partial charge in [-0.1, -0.05) is 6.07 Å². The van der Waals surface area contributed by atoms with Crippen LogP contribution in [0.3, 0.4) is 0 Å². The third kappa shape index (κ3) is 2.12. The predicted octanol–water partition coefficient (Wildman–Crippen LogP) is 2.83. The molecule has 2 aromatic carbocycles. The lowest BCUT2D eigenvalue weighted by atomic mass is 10.2. The third-order valence-corrected chi connectivity index (χ3v) is 3.88. The van der Waals surface area contributed by atoms with Crippen LogP contribution in [0.15, 0.2) is 42.6 Å². The predicted molar refractivity (Wildman–Crippen MR) is 81.7 cm³/mol. The number of rotatable bonds is 2. The minimum atomic E-state index is -0.695. The molecule has 116 valence electrons. The Morgan fingerprint density at radius 2 is 2.00 bits per heavy atom. The molecule has 1 N–H and O–H groups in total. The van der Waals surface area contributed by atoms with E-state index >= 15 is 0 Å². The first-order valence-corrected chi connectivity index (χ1v) is 7.13. The zero-order chi connectivity index (χ0) is 16.0. The van der Waals surface area contributed by atoms with Crippen LogP contribution in [0, 0.1) is 11.6 Å². The Hall–Kier alpha value is -2.96. The Bertz CT molecular complexity index is 922. The van der Waals surface area contributed by atoms with Crippen LogP contribution in [-0.2, 0) is 0 Å². The van der Waals surface area contributed by atoms with Gasteiger partial charge in [-0.2, -0.15) is 5.10 Å². The smallest absolute Gasteiger partial charge is 0.322 e. The highest BCUT2D eigenvalue weighted by molar-refractivity contribution is 6.03. The van der Waals surface area contributed by atoms with Gasteiger partial charge in [0.15, 0.2) is 5.82 Å². The molecule has 1 aliphatic heterocycles. The fraction of sp³-hybridized carbons (Fsp3) is 0.125. The number of fused-ring (bicyclic) bond motifs is 1. The highest BCUT2D eigenvalue weighted by Crippen LogP contribution is 2.29. The molecular formula is C16H12F2N4O. The van der Waals surface area contributed by atoms with Gasteiger partial charge in [0.05, 0.1) is 17.4 Å². The molecule has 0 radical (unpaired) electrons. The van der Waals surface area contributed by atoms with Crippen molar-refractivity contribution in [1.82, 2.24) is 15.1 Å². The van der Waals surface area contributed by atoms with Crippen LogP contribution in [-0.4, -0.2) is 28.9 Å². The van der Waals surface area contributed by atoms with Gasteiger partial charge in [-0.15, -0.1) is 0 Å². The monoisotopic (exact) mass is 314 g/mol. The van der Waals surface area contributed by atoms with Crippen LogP contribution in [0.2, 0.25) is 0 Å². The number of nitrogens with zero attached hydrogens (tertiary/aromatic N) is 3. The molecule has 1 fully saturated rings. The molecule has 0 saturated carbocycles. The van der Waals surface area contributed by atoms with E-state index in [1.807, 2.05) is 6.07 Å². The maximum atomic E-state index is 14.0. The zero-order valence-electron chi connectivity index (χ0n) is 12.0. The zero-order valence-corrected chi connectivity index (χ0v) is 12.0. The topological polar surface area (TPSA) is 50.2 Å². The number of benzene rings is 2. The molecule has 2 amide bonds. The van der Waals surface area contributed by atoms with Crippen LogP contribution in [0.4, 0.5) is 19.3 Å². The summed E-state index contributed by atoms with van der Waals surface area (Å²) in [6.45, 7) is 1.14. The van der Waals surface area contributed by atoms with Crippen LogP contribution < -0.4 is 10.2 Å². The molecule has 1 aliphatic rings. The summed E-state index contributed by atoms with van der Waals surface area (Å²) >= 11 is 0. The van der Waals surface area contributed by atoms with Gasteiger partial charge in [-0.25, -0.2) is 18.3 Å². The minimum absolute atomic E-state index is 0.157. The second-order valence-electron chi connectivity index (χ2n) is 5.25. The number of amides is 2. The average molecular weight is 314 g/mol. The molecule has 1 aromatic heterocycles. The maximum Gasteiger partial charge on any atom is 0.322 e. The van der Waals surface area contributed by atoms with Crippen molar-refractivity contribution in [3.8, 4) is 5.69 Å². The highest BCUT2D eigenvalue weighted by Gasteiger charge is 2.24. The number of hydrogen-bond donors (Lipinski definition) is 1. The van der Waals surface area contributed by atoms with E-state index in [0.717, 1.165) is 11.5 Å². The van der Waals surface area contributed by atoms with Crippen molar-refractivity contribution in [3.63, 3.8) is 0 Å². The molecule has 0 bridgehead atoms. The van der Waals surface area contributed by atoms with Crippen LogP contribution >= 0.6 is 0 Å². The van der Waals surface area contributed by atoms with Gasteiger partial charge < -0.3 is 5.32 Å². The summed E-state index contributed by atoms with van der Waals surface area (Å²) in [5, 5.41) is 7.68. The molecular weight excluding hydrogens is 302 g/mol. The molecule has 0 aliphatic carbocycles. The molecule has 3 aromatic rings. The second kappa shape index (κ2) is 5.05. The molecule has 5 nitrogen and oxygen atoms in total. The van der Waals surface area contributed by atoms with E-state index in [0.29, 0.717) is 24.3 Å². The molecule has 0 spiro atoms. The minimum Gasteiger partial charge on any atom is -0.336 e. The summed E-state index contributed by atoms with van der Waals surface area (Å²) < 4.78 is 28.5. The van der Waals surface area contributed by atoms with Gasteiger partial charge in [-0.3, -0.25) is 4.90 Å².